The molecule has 0 amide bonds. The second-order valence-corrected chi connectivity index (χ2v) is 8.81. The zero-order valence-electron chi connectivity index (χ0n) is 17.0. The number of carbonyl (C=O) groups is 2. The van der Waals surface area contributed by atoms with Crippen molar-refractivity contribution in [3.05, 3.63) is 23.8 Å². The first-order chi connectivity index (χ1) is 12.8. The first-order valence-corrected chi connectivity index (χ1v) is 9.97. The molecule has 27 heavy (non-hydrogen) atoms. The van der Waals surface area contributed by atoms with Crippen molar-refractivity contribution < 1.29 is 23.8 Å². The van der Waals surface area contributed by atoms with Crippen molar-refractivity contribution >= 4 is 11.9 Å². The smallest absolute Gasteiger partial charge is 0.336 e. The molecule has 0 N–H and O–H groups in total. The number of hydrogen-bond acceptors (Lipinski definition) is 5. The third-order valence-corrected chi connectivity index (χ3v) is 7.43. The molecule has 1 heterocycles. The molecular formula is C22H32O5. The Balaban J connectivity index is 1.81. The van der Waals surface area contributed by atoms with Gasteiger partial charge in [-0.2, -0.15) is 0 Å². The van der Waals surface area contributed by atoms with E-state index in [0.29, 0.717) is 12.0 Å². The number of cyclic esters (lactones) is 1. The van der Waals surface area contributed by atoms with Crippen LogP contribution in [-0.4, -0.2) is 32.4 Å². The maximum atomic E-state index is 12.6. The average Bonchev–Trinajstić information content (AvgIpc) is 3.00. The maximum absolute atomic E-state index is 12.6. The molecule has 3 aliphatic rings. The summed E-state index contributed by atoms with van der Waals surface area (Å²) in [5, 5.41) is 0. The van der Waals surface area contributed by atoms with Crippen LogP contribution in [-0.2, 0) is 23.8 Å². The Morgan fingerprint density at radius 1 is 1.33 bits per heavy atom. The summed E-state index contributed by atoms with van der Waals surface area (Å²) in [5.74, 6) is 0.191. The Morgan fingerprint density at radius 2 is 2.07 bits per heavy atom. The molecule has 0 unspecified atom stereocenters. The monoisotopic (exact) mass is 376 g/mol. The number of hydrogen-bond donors (Lipinski definition) is 0. The molecule has 0 aromatic carbocycles. The molecule has 0 aromatic heterocycles. The van der Waals surface area contributed by atoms with Gasteiger partial charge in [-0.1, -0.05) is 25.5 Å². The summed E-state index contributed by atoms with van der Waals surface area (Å²) in [7, 11) is 3.02. The number of fused-ring (bicyclic) bond motifs is 1. The van der Waals surface area contributed by atoms with Gasteiger partial charge in [0.05, 0.1) is 12.5 Å². The highest BCUT2D eigenvalue weighted by Gasteiger charge is 2.57. The Morgan fingerprint density at radius 3 is 2.70 bits per heavy atom. The fourth-order valence-electron chi connectivity index (χ4n) is 6.01. The standard InChI is InChI=1S/C22H32O5/c1-14-7-10-17-21(2,11-6-12-22(17,3)20(24)26-5)16(14)9-8-15-13-18(25-4)27-19(15)23/h13,16-18H,1,6-12H2,2-5H3/t16-,17-,18+,21+,22+/m1/s1. The predicted molar refractivity (Wildman–Crippen MR) is 102 cm³/mol. The lowest BCUT2D eigenvalue weighted by Crippen LogP contribution is -2.53. The molecule has 2 saturated carbocycles. The molecular weight excluding hydrogens is 344 g/mol. The molecule has 5 nitrogen and oxygen atoms in total. The fraction of sp³-hybridized carbons (Fsp3) is 0.727. The van der Waals surface area contributed by atoms with Crippen LogP contribution in [0.5, 0.6) is 0 Å². The highest BCUT2D eigenvalue weighted by molar-refractivity contribution is 5.90. The number of methoxy groups -OCH3 is 2. The van der Waals surface area contributed by atoms with Crippen LogP contribution >= 0.6 is 0 Å². The van der Waals surface area contributed by atoms with Crippen molar-refractivity contribution in [1.82, 2.24) is 0 Å². The SMILES string of the molecule is C=C1CC[C@@H]2[C@@](C)(CCC[C@]2(C)C(=O)OC)[C@@H]1CCC1=C[C@@H](OC)OC1=O. The van der Waals surface area contributed by atoms with Gasteiger partial charge in [0.15, 0.2) is 0 Å². The second-order valence-electron chi connectivity index (χ2n) is 8.81. The van der Waals surface area contributed by atoms with E-state index in [1.807, 2.05) is 0 Å². The molecule has 3 rings (SSSR count). The van der Waals surface area contributed by atoms with E-state index in [0.717, 1.165) is 38.5 Å². The van der Waals surface area contributed by atoms with Crippen molar-refractivity contribution in [1.29, 1.82) is 0 Å². The topological polar surface area (TPSA) is 61.8 Å². The Labute approximate surface area is 162 Å². The highest BCUT2D eigenvalue weighted by atomic mass is 16.7. The number of carbonyl (C=O) groups excluding carboxylic acids is 2. The van der Waals surface area contributed by atoms with Gasteiger partial charge in [-0.05, 0) is 68.8 Å². The van der Waals surface area contributed by atoms with E-state index in [1.54, 1.807) is 6.08 Å². The minimum absolute atomic E-state index is 0.000248. The third kappa shape index (κ3) is 3.35. The minimum Gasteiger partial charge on any atom is -0.469 e. The van der Waals surface area contributed by atoms with Crippen molar-refractivity contribution in [2.24, 2.45) is 22.7 Å². The van der Waals surface area contributed by atoms with E-state index in [4.69, 9.17) is 14.2 Å². The van der Waals surface area contributed by atoms with Crippen molar-refractivity contribution in [2.75, 3.05) is 14.2 Å². The van der Waals surface area contributed by atoms with Crippen LogP contribution in [0.3, 0.4) is 0 Å². The van der Waals surface area contributed by atoms with Gasteiger partial charge in [-0.15, -0.1) is 0 Å². The van der Waals surface area contributed by atoms with E-state index < -0.39 is 11.7 Å². The number of ether oxygens (including phenoxy) is 3. The zero-order chi connectivity index (χ0) is 19.8. The van der Waals surface area contributed by atoms with Crippen LogP contribution < -0.4 is 0 Å². The first kappa shape index (κ1) is 20.1. The quantitative estimate of drug-likeness (QED) is 0.532. The number of esters is 2. The van der Waals surface area contributed by atoms with E-state index in [9.17, 15) is 9.59 Å². The van der Waals surface area contributed by atoms with Crippen LogP contribution in [0.1, 0.15) is 58.8 Å². The Bertz CT molecular complexity index is 666. The van der Waals surface area contributed by atoms with Crippen molar-refractivity contribution in [2.45, 2.75) is 65.1 Å². The van der Waals surface area contributed by atoms with E-state index in [1.165, 1.54) is 19.8 Å². The van der Waals surface area contributed by atoms with Gasteiger partial charge in [0.25, 0.3) is 0 Å². The minimum atomic E-state index is -0.567. The van der Waals surface area contributed by atoms with Gasteiger partial charge in [0.1, 0.15) is 0 Å². The largest absolute Gasteiger partial charge is 0.469 e. The Kier molecular flexibility index (Phi) is 5.53. The molecule has 0 aromatic rings. The summed E-state index contributed by atoms with van der Waals surface area (Å²) in [6.45, 7) is 8.75. The van der Waals surface area contributed by atoms with Gasteiger partial charge < -0.3 is 14.2 Å². The van der Waals surface area contributed by atoms with Gasteiger partial charge in [0, 0.05) is 12.7 Å². The summed E-state index contributed by atoms with van der Waals surface area (Å²) in [6.07, 6.45) is 7.59. The van der Waals surface area contributed by atoms with E-state index >= 15 is 0 Å². The molecule has 0 radical (unpaired) electrons. The molecule has 5 atom stereocenters. The summed E-state index contributed by atoms with van der Waals surface area (Å²) < 4.78 is 15.5. The first-order valence-electron chi connectivity index (χ1n) is 9.97. The van der Waals surface area contributed by atoms with Gasteiger partial charge >= 0.3 is 11.9 Å². The maximum Gasteiger partial charge on any atom is 0.336 e. The second kappa shape index (κ2) is 7.42. The van der Waals surface area contributed by atoms with Crippen molar-refractivity contribution in [3.8, 4) is 0 Å². The van der Waals surface area contributed by atoms with Gasteiger partial charge in [-0.25, -0.2) is 4.79 Å². The van der Waals surface area contributed by atoms with Gasteiger partial charge in [-0.3, -0.25) is 4.79 Å². The summed E-state index contributed by atoms with van der Waals surface area (Å²) in [6, 6.07) is 0. The zero-order valence-corrected chi connectivity index (χ0v) is 17.0. The average molecular weight is 376 g/mol. The predicted octanol–water partition coefficient (Wildman–Crippen LogP) is 4.17. The van der Waals surface area contributed by atoms with E-state index in [-0.39, 0.29) is 29.2 Å². The lowest BCUT2D eigenvalue weighted by atomic mass is 9.46. The number of rotatable bonds is 5. The Hall–Kier alpha value is -1.62. The molecule has 1 aliphatic heterocycles. The van der Waals surface area contributed by atoms with Crippen LogP contribution in [0, 0.1) is 22.7 Å². The van der Waals surface area contributed by atoms with Crippen LogP contribution in [0.15, 0.2) is 23.8 Å². The van der Waals surface area contributed by atoms with Gasteiger partial charge in [0.2, 0.25) is 6.29 Å². The fourth-order valence-corrected chi connectivity index (χ4v) is 6.01. The molecule has 150 valence electrons. The van der Waals surface area contributed by atoms with Crippen LogP contribution in [0.25, 0.3) is 0 Å². The van der Waals surface area contributed by atoms with Crippen LogP contribution in [0.4, 0.5) is 0 Å². The lowest BCUT2D eigenvalue weighted by Gasteiger charge is -2.57. The summed E-state index contributed by atoms with van der Waals surface area (Å²) in [5.41, 5.74) is 1.50. The molecule has 0 saturated heterocycles. The third-order valence-electron chi connectivity index (χ3n) is 7.43. The molecule has 2 fully saturated rings. The van der Waals surface area contributed by atoms with E-state index in [2.05, 4.69) is 20.4 Å². The molecule has 0 bridgehead atoms. The molecule has 5 heteroatoms. The number of allylic oxidation sites excluding steroid dienone is 1. The molecule has 2 aliphatic carbocycles. The normalized spacial score (nSPS) is 38.8. The summed E-state index contributed by atoms with van der Waals surface area (Å²) in [4.78, 5) is 24.7. The highest BCUT2D eigenvalue weighted by Crippen LogP contribution is 2.62. The van der Waals surface area contributed by atoms with Crippen LogP contribution in [0.2, 0.25) is 0 Å². The summed E-state index contributed by atoms with van der Waals surface area (Å²) >= 11 is 0. The van der Waals surface area contributed by atoms with Crippen molar-refractivity contribution in [3.63, 3.8) is 0 Å². The molecule has 0 spiro atoms. The lowest BCUT2D eigenvalue weighted by molar-refractivity contribution is -0.168.